The fourth-order valence-electron chi connectivity index (χ4n) is 4.93. The van der Waals surface area contributed by atoms with Crippen LogP contribution in [0.4, 0.5) is 20.7 Å². The summed E-state index contributed by atoms with van der Waals surface area (Å²) in [5.41, 5.74) is 2.49. The average molecular weight is 478 g/mol. The molecule has 5 rings (SSSR count). The van der Waals surface area contributed by atoms with E-state index in [0.29, 0.717) is 24.2 Å². The largest absolute Gasteiger partial charge is 0.491 e. The van der Waals surface area contributed by atoms with Crippen molar-refractivity contribution < 1.29 is 13.9 Å². The number of halogens is 1. The Kier molecular flexibility index (Phi) is 6.47. The van der Waals surface area contributed by atoms with Gasteiger partial charge in [-0.25, -0.2) is 14.2 Å². The SMILES string of the molecule is CC(C)N1CCC(N(C)C(=O)Nc2ccc3nc(NC4COc5cc(F)ccc54)ccc3c2)CC1. The van der Waals surface area contributed by atoms with Gasteiger partial charge in [0.05, 0.1) is 11.6 Å². The van der Waals surface area contributed by atoms with Gasteiger partial charge in [0.2, 0.25) is 0 Å². The average Bonchev–Trinajstić information content (AvgIpc) is 3.25. The Balaban J connectivity index is 1.22. The van der Waals surface area contributed by atoms with Gasteiger partial charge >= 0.3 is 6.03 Å². The van der Waals surface area contributed by atoms with E-state index in [-0.39, 0.29) is 23.9 Å². The van der Waals surface area contributed by atoms with Gasteiger partial charge in [-0.1, -0.05) is 6.07 Å². The fourth-order valence-corrected chi connectivity index (χ4v) is 4.93. The number of aromatic nitrogens is 1. The molecule has 3 aromatic rings. The summed E-state index contributed by atoms with van der Waals surface area (Å²) >= 11 is 0. The zero-order valence-electron chi connectivity index (χ0n) is 20.4. The second-order valence-electron chi connectivity index (χ2n) is 9.70. The molecular formula is C27H32FN5O2. The van der Waals surface area contributed by atoms with E-state index in [2.05, 4.69) is 29.4 Å². The molecule has 1 aromatic heterocycles. The number of hydrogen-bond acceptors (Lipinski definition) is 5. The summed E-state index contributed by atoms with van der Waals surface area (Å²) in [4.78, 5) is 21.9. The minimum atomic E-state index is -0.307. The van der Waals surface area contributed by atoms with E-state index in [4.69, 9.17) is 9.72 Å². The van der Waals surface area contributed by atoms with Gasteiger partial charge in [-0.2, -0.15) is 0 Å². The normalized spacial score (nSPS) is 18.4. The molecule has 0 spiro atoms. The summed E-state index contributed by atoms with van der Waals surface area (Å²) in [7, 11) is 1.88. The lowest BCUT2D eigenvalue weighted by Crippen LogP contribution is -2.48. The van der Waals surface area contributed by atoms with Crippen LogP contribution in [0.15, 0.2) is 48.5 Å². The number of hydrogen-bond donors (Lipinski definition) is 2. The number of ether oxygens (including phenoxy) is 1. The van der Waals surface area contributed by atoms with Gasteiger partial charge < -0.3 is 25.2 Å². The van der Waals surface area contributed by atoms with E-state index in [1.165, 1.54) is 12.1 Å². The van der Waals surface area contributed by atoms with E-state index >= 15 is 0 Å². The molecule has 1 atom stereocenters. The highest BCUT2D eigenvalue weighted by Crippen LogP contribution is 2.35. The molecule has 8 heteroatoms. The third-order valence-electron chi connectivity index (χ3n) is 7.12. The third-order valence-corrected chi connectivity index (χ3v) is 7.12. The van der Waals surface area contributed by atoms with Crippen LogP contribution < -0.4 is 15.4 Å². The molecule has 0 bridgehead atoms. The van der Waals surface area contributed by atoms with Crippen LogP contribution in [0.1, 0.15) is 38.3 Å². The van der Waals surface area contributed by atoms with Crippen LogP contribution in [0.3, 0.4) is 0 Å². The number of benzene rings is 2. The molecule has 0 aliphatic carbocycles. The van der Waals surface area contributed by atoms with Crippen molar-refractivity contribution in [2.75, 3.05) is 37.4 Å². The Hall–Kier alpha value is -3.39. The molecule has 3 heterocycles. The van der Waals surface area contributed by atoms with Gasteiger partial charge in [-0.3, -0.25) is 0 Å². The number of amides is 2. The molecule has 2 aliphatic rings. The number of piperidine rings is 1. The van der Waals surface area contributed by atoms with Crippen LogP contribution in [0.5, 0.6) is 5.75 Å². The van der Waals surface area contributed by atoms with Gasteiger partial charge in [0.25, 0.3) is 0 Å². The molecule has 2 N–H and O–H groups in total. The number of pyridine rings is 1. The first kappa shape index (κ1) is 23.4. The molecule has 2 amide bonds. The first-order valence-corrected chi connectivity index (χ1v) is 12.2. The van der Waals surface area contributed by atoms with Crippen LogP contribution in [-0.2, 0) is 0 Å². The molecule has 0 radical (unpaired) electrons. The second kappa shape index (κ2) is 9.70. The predicted octanol–water partition coefficient (Wildman–Crippen LogP) is 5.26. The number of carbonyl (C=O) groups excluding carboxylic acids is 1. The first-order valence-electron chi connectivity index (χ1n) is 12.2. The molecule has 2 aromatic carbocycles. The highest BCUT2D eigenvalue weighted by molar-refractivity contribution is 5.93. The third kappa shape index (κ3) is 5.03. The van der Waals surface area contributed by atoms with Gasteiger partial charge in [-0.05, 0) is 63.1 Å². The maximum atomic E-state index is 13.4. The van der Waals surface area contributed by atoms with Crippen LogP contribution in [0, 0.1) is 5.82 Å². The van der Waals surface area contributed by atoms with Gasteiger partial charge in [-0.15, -0.1) is 0 Å². The van der Waals surface area contributed by atoms with Crippen molar-refractivity contribution in [2.24, 2.45) is 0 Å². The van der Waals surface area contributed by atoms with Gasteiger partial charge in [0, 0.05) is 54.9 Å². The smallest absolute Gasteiger partial charge is 0.321 e. The van der Waals surface area contributed by atoms with Crippen molar-refractivity contribution in [1.29, 1.82) is 0 Å². The standard InChI is InChI=1S/C27H32FN5O2/c1-17(2)33-12-10-21(11-13-33)32(3)27(34)29-20-6-8-23-18(14-20)4-9-26(30-23)31-24-16-35-25-15-19(28)5-7-22(24)25/h4-9,14-15,17,21,24H,10-13,16H2,1-3H3,(H,29,34)(H,30,31). The van der Waals surface area contributed by atoms with Crippen LogP contribution >= 0.6 is 0 Å². The predicted molar refractivity (Wildman–Crippen MR) is 137 cm³/mol. The molecule has 2 aliphatic heterocycles. The van der Waals surface area contributed by atoms with Crippen LogP contribution in [0.25, 0.3) is 10.9 Å². The van der Waals surface area contributed by atoms with E-state index in [0.717, 1.165) is 48.1 Å². The number of fused-ring (bicyclic) bond motifs is 2. The number of urea groups is 1. The zero-order valence-corrected chi connectivity index (χ0v) is 20.4. The maximum absolute atomic E-state index is 13.4. The topological polar surface area (TPSA) is 69.7 Å². The van der Waals surface area contributed by atoms with E-state index in [1.54, 1.807) is 6.07 Å². The molecule has 35 heavy (non-hydrogen) atoms. The summed E-state index contributed by atoms with van der Waals surface area (Å²) in [6.45, 7) is 6.90. The molecule has 0 saturated carbocycles. The Morgan fingerprint density at radius 2 is 1.94 bits per heavy atom. The van der Waals surface area contributed by atoms with Crippen molar-refractivity contribution >= 4 is 28.4 Å². The van der Waals surface area contributed by atoms with Crippen LogP contribution in [0.2, 0.25) is 0 Å². The fraction of sp³-hybridized carbons (Fsp3) is 0.407. The van der Waals surface area contributed by atoms with E-state index < -0.39 is 0 Å². The molecule has 1 saturated heterocycles. The molecule has 184 valence electrons. The molecule has 1 unspecified atom stereocenters. The summed E-state index contributed by atoms with van der Waals surface area (Å²) in [5, 5.41) is 7.35. The Morgan fingerprint density at radius 3 is 2.71 bits per heavy atom. The number of likely N-dealkylation sites (tertiary alicyclic amines) is 1. The van der Waals surface area contributed by atoms with Crippen molar-refractivity contribution in [3.05, 3.63) is 59.9 Å². The Morgan fingerprint density at radius 1 is 1.14 bits per heavy atom. The molecule has 1 fully saturated rings. The van der Waals surface area contributed by atoms with Crippen molar-refractivity contribution in [1.82, 2.24) is 14.8 Å². The minimum Gasteiger partial charge on any atom is -0.491 e. The maximum Gasteiger partial charge on any atom is 0.321 e. The Labute approximate surface area is 205 Å². The summed E-state index contributed by atoms with van der Waals surface area (Å²) in [6.07, 6.45) is 1.98. The van der Waals surface area contributed by atoms with E-state index in [9.17, 15) is 9.18 Å². The summed E-state index contributed by atoms with van der Waals surface area (Å²) in [6, 6.07) is 14.8. The number of nitrogens with zero attached hydrogens (tertiary/aromatic N) is 3. The Bertz CT molecular complexity index is 1230. The van der Waals surface area contributed by atoms with Crippen LogP contribution in [-0.4, -0.2) is 59.6 Å². The molecule has 7 nitrogen and oxygen atoms in total. The van der Waals surface area contributed by atoms with Crippen molar-refractivity contribution in [2.45, 2.75) is 44.8 Å². The highest BCUT2D eigenvalue weighted by atomic mass is 19.1. The van der Waals surface area contributed by atoms with Crippen molar-refractivity contribution in [3.8, 4) is 5.75 Å². The lowest BCUT2D eigenvalue weighted by Gasteiger charge is -2.38. The van der Waals surface area contributed by atoms with Gasteiger partial charge in [0.15, 0.2) is 0 Å². The van der Waals surface area contributed by atoms with Crippen molar-refractivity contribution in [3.63, 3.8) is 0 Å². The molecular weight excluding hydrogens is 445 g/mol. The van der Waals surface area contributed by atoms with Gasteiger partial charge in [0.1, 0.15) is 24.0 Å². The highest BCUT2D eigenvalue weighted by Gasteiger charge is 2.27. The number of carbonyl (C=O) groups is 1. The number of rotatable bonds is 5. The number of anilines is 2. The monoisotopic (exact) mass is 477 g/mol. The minimum absolute atomic E-state index is 0.0861. The summed E-state index contributed by atoms with van der Waals surface area (Å²) in [5.74, 6) is 0.977. The zero-order chi connectivity index (χ0) is 24.5. The quantitative estimate of drug-likeness (QED) is 0.525. The number of nitrogens with one attached hydrogen (secondary N) is 2. The first-order chi connectivity index (χ1) is 16.9. The summed E-state index contributed by atoms with van der Waals surface area (Å²) < 4.78 is 19.0. The lowest BCUT2D eigenvalue weighted by molar-refractivity contribution is 0.121. The van der Waals surface area contributed by atoms with E-state index in [1.807, 2.05) is 42.3 Å². The lowest BCUT2D eigenvalue weighted by atomic mass is 10.0. The second-order valence-corrected chi connectivity index (χ2v) is 9.70.